The van der Waals surface area contributed by atoms with Crippen LogP contribution in [0.2, 0.25) is 0 Å². The van der Waals surface area contributed by atoms with E-state index in [1.807, 2.05) is 38.1 Å². The van der Waals surface area contributed by atoms with E-state index >= 15 is 0 Å². The van der Waals surface area contributed by atoms with Gasteiger partial charge < -0.3 is 15.0 Å². The molecule has 0 spiro atoms. The van der Waals surface area contributed by atoms with Crippen LogP contribution in [0.1, 0.15) is 31.7 Å². The van der Waals surface area contributed by atoms with Crippen molar-refractivity contribution in [1.82, 2.24) is 4.90 Å². The van der Waals surface area contributed by atoms with Crippen LogP contribution < -0.4 is 5.32 Å². The first-order valence-electron chi connectivity index (χ1n) is 8.34. The number of amides is 1. The van der Waals surface area contributed by atoms with Crippen LogP contribution in [-0.4, -0.2) is 43.0 Å². The number of piperidine rings is 1. The lowest BCUT2D eigenvalue weighted by Crippen LogP contribution is -2.40. The number of aryl methyl sites for hydroxylation is 1. The van der Waals surface area contributed by atoms with Gasteiger partial charge in [-0.25, -0.2) is 0 Å². The maximum Gasteiger partial charge on any atom is 0.310 e. The second kappa shape index (κ2) is 8.67. The number of hydrogen-bond donors (Lipinski definition) is 1. The maximum absolute atomic E-state index is 12.1. The zero-order valence-electron chi connectivity index (χ0n) is 14.0. The van der Waals surface area contributed by atoms with Crippen molar-refractivity contribution in [3.8, 4) is 0 Å². The van der Waals surface area contributed by atoms with Gasteiger partial charge in [-0.3, -0.25) is 9.59 Å². The van der Waals surface area contributed by atoms with E-state index in [0.717, 1.165) is 30.6 Å². The largest absolute Gasteiger partial charge is 0.466 e. The molecule has 1 atom stereocenters. The van der Waals surface area contributed by atoms with Crippen molar-refractivity contribution in [3.63, 3.8) is 0 Å². The summed E-state index contributed by atoms with van der Waals surface area (Å²) in [6.45, 7) is 6.53. The number of benzene rings is 1. The summed E-state index contributed by atoms with van der Waals surface area (Å²) in [5.41, 5.74) is 1.92. The highest BCUT2D eigenvalue weighted by Gasteiger charge is 2.26. The van der Waals surface area contributed by atoms with Gasteiger partial charge >= 0.3 is 5.97 Å². The van der Waals surface area contributed by atoms with Crippen LogP contribution in [0, 0.1) is 12.8 Å². The first kappa shape index (κ1) is 17.5. The fourth-order valence-corrected chi connectivity index (χ4v) is 2.90. The normalized spacial score (nSPS) is 18.4. The molecule has 126 valence electrons. The number of nitrogens with zero attached hydrogens (tertiary/aromatic N) is 1. The van der Waals surface area contributed by atoms with Crippen LogP contribution in [0.3, 0.4) is 0 Å². The molecular weight excluding hydrogens is 292 g/mol. The van der Waals surface area contributed by atoms with Gasteiger partial charge in [-0.05, 0) is 44.9 Å². The van der Waals surface area contributed by atoms with Gasteiger partial charge in [0, 0.05) is 25.2 Å². The van der Waals surface area contributed by atoms with Crippen molar-refractivity contribution in [1.29, 1.82) is 0 Å². The Morgan fingerprint density at radius 2 is 2.13 bits per heavy atom. The second-order valence-corrected chi connectivity index (χ2v) is 6.00. The molecule has 0 aromatic heterocycles. The minimum atomic E-state index is -0.110. The number of rotatable bonds is 6. The molecule has 2 rings (SSSR count). The Hall–Kier alpha value is -1.88. The minimum absolute atomic E-state index is 0.0116. The standard InChI is InChI=1S/C18H26N2O3/c1-3-23-18(22)15-8-6-11-20(13-15)12-10-17(21)19-16-9-5-4-7-14(16)2/h4-5,7,9,15H,3,6,8,10-13H2,1-2H3,(H,19,21)/t15-/m0/s1. The van der Waals surface area contributed by atoms with Crippen molar-refractivity contribution in [2.45, 2.75) is 33.1 Å². The fourth-order valence-electron chi connectivity index (χ4n) is 2.90. The van der Waals surface area contributed by atoms with Crippen molar-refractivity contribution in [2.24, 2.45) is 5.92 Å². The summed E-state index contributed by atoms with van der Waals surface area (Å²) in [4.78, 5) is 26.1. The quantitative estimate of drug-likeness (QED) is 0.819. The van der Waals surface area contributed by atoms with E-state index in [4.69, 9.17) is 4.74 Å². The molecule has 5 nitrogen and oxygen atoms in total. The van der Waals surface area contributed by atoms with Gasteiger partial charge in [0.25, 0.3) is 0 Å². The monoisotopic (exact) mass is 318 g/mol. The van der Waals surface area contributed by atoms with Crippen LogP contribution in [0.15, 0.2) is 24.3 Å². The number of esters is 1. The van der Waals surface area contributed by atoms with Crippen LogP contribution in [0.4, 0.5) is 5.69 Å². The molecule has 23 heavy (non-hydrogen) atoms. The molecular formula is C18H26N2O3. The summed E-state index contributed by atoms with van der Waals surface area (Å²) in [7, 11) is 0. The van der Waals surface area contributed by atoms with E-state index < -0.39 is 0 Å². The van der Waals surface area contributed by atoms with Gasteiger partial charge in [-0.15, -0.1) is 0 Å². The number of ether oxygens (including phenoxy) is 1. The highest BCUT2D eigenvalue weighted by atomic mass is 16.5. The molecule has 1 aromatic carbocycles. The number of carbonyl (C=O) groups excluding carboxylic acids is 2. The summed E-state index contributed by atoms with van der Waals surface area (Å²) < 4.78 is 5.10. The molecule has 0 bridgehead atoms. The summed E-state index contributed by atoms with van der Waals surface area (Å²) in [5.74, 6) is -0.151. The van der Waals surface area contributed by atoms with Crippen LogP contribution in [0.5, 0.6) is 0 Å². The van der Waals surface area contributed by atoms with E-state index in [-0.39, 0.29) is 17.8 Å². The first-order valence-corrected chi connectivity index (χ1v) is 8.34. The fraction of sp³-hybridized carbons (Fsp3) is 0.556. The Balaban J connectivity index is 1.77. The molecule has 1 fully saturated rings. The van der Waals surface area contributed by atoms with E-state index in [2.05, 4.69) is 10.2 Å². The van der Waals surface area contributed by atoms with Gasteiger partial charge in [0.2, 0.25) is 5.91 Å². The Labute approximate surface area is 138 Å². The minimum Gasteiger partial charge on any atom is -0.466 e. The van der Waals surface area contributed by atoms with E-state index in [1.165, 1.54) is 0 Å². The maximum atomic E-state index is 12.1. The lowest BCUT2D eigenvalue weighted by atomic mass is 9.98. The molecule has 1 amide bonds. The molecule has 0 radical (unpaired) electrons. The Morgan fingerprint density at radius 1 is 1.35 bits per heavy atom. The van der Waals surface area contributed by atoms with Gasteiger partial charge in [0.15, 0.2) is 0 Å². The summed E-state index contributed by atoms with van der Waals surface area (Å²) >= 11 is 0. The third-order valence-electron chi connectivity index (χ3n) is 4.20. The van der Waals surface area contributed by atoms with Crippen LogP contribution in [0.25, 0.3) is 0 Å². The number of likely N-dealkylation sites (tertiary alicyclic amines) is 1. The SMILES string of the molecule is CCOC(=O)[C@H]1CCCN(CCC(=O)Nc2ccccc2C)C1. The molecule has 1 N–H and O–H groups in total. The highest BCUT2D eigenvalue weighted by Crippen LogP contribution is 2.18. The predicted octanol–water partition coefficient (Wildman–Crippen LogP) is 2.60. The third-order valence-corrected chi connectivity index (χ3v) is 4.20. The molecule has 1 aromatic rings. The van der Waals surface area contributed by atoms with Gasteiger partial charge in [0.05, 0.1) is 12.5 Å². The number of carbonyl (C=O) groups is 2. The molecule has 1 heterocycles. The topological polar surface area (TPSA) is 58.6 Å². The van der Waals surface area contributed by atoms with Crippen molar-refractivity contribution in [2.75, 3.05) is 31.6 Å². The molecule has 0 unspecified atom stereocenters. The molecule has 0 aliphatic carbocycles. The zero-order valence-corrected chi connectivity index (χ0v) is 14.0. The van der Waals surface area contributed by atoms with E-state index in [1.54, 1.807) is 0 Å². The van der Waals surface area contributed by atoms with Gasteiger partial charge in [-0.2, -0.15) is 0 Å². The number of nitrogens with one attached hydrogen (secondary N) is 1. The second-order valence-electron chi connectivity index (χ2n) is 6.00. The van der Waals surface area contributed by atoms with Crippen molar-refractivity contribution < 1.29 is 14.3 Å². The molecule has 1 aliphatic rings. The Kier molecular flexibility index (Phi) is 6.59. The van der Waals surface area contributed by atoms with E-state index in [9.17, 15) is 9.59 Å². The third kappa shape index (κ3) is 5.36. The summed E-state index contributed by atoms with van der Waals surface area (Å²) in [5, 5.41) is 2.95. The lowest BCUT2D eigenvalue weighted by Gasteiger charge is -2.31. The number of anilines is 1. The van der Waals surface area contributed by atoms with Crippen LogP contribution in [-0.2, 0) is 14.3 Å². The average Bonchev–Trinajstić information content (AvgIpc) is 2.56. The lowest BCUT2D eigenvalue weighted by molar-refractivity contribution is -0.149. The number of hydrogen-bond acceptors (Lipinski definition) is 4. The molecule has 1 saturated heterocycles. The van der Waals surface area contributed by atoms with E-state index in [0.29, 0.717) is 26.1 Å². The van der Waals surface area contributed by atoms with Gasteiger partial charge in [0.1, 0.15) is 0 Å². The smallest absolute Gasteiger partial charge is 0.310 e. The van der Waals surface area contributed by atoms with Gasteiger partial charge in [-0.1, -0.05) is 18.2 Å². The molecule has 5 heteroatoms. The summed E-state index contributed by atoms with van der Waals surface area (Å²) in [6, 6.07) is 7.75. The predicted molar refractivity (Wildman–Crippen MR) is 90.2 cm³/mol. The average molecular weight is 318 g/mol. The highest BCUT2D eigenvalue weighted by molar-refractivity contribution is 5.91. The first-order chi connectivity index (χ1) is 11.1. The summed E-state index contributed by atoms with van der Waals surface area (Å²) in [6.07, 6.45) is 2.29. The Morgan fingerprint density at radius 3 is 2.87 bits per heavy atom. The Bertz CT molecular complexity index is 545. The molecule has 1 aliphatic heterocycles. The zero-order chi connectivity index (χ0) is 16.7. The van der Waals surface area contributed by atoms with Crippen LogP contribution >= 0.6 is 0 Å². The van der Waals surface area contributed by atoms with Crippen molar-refractivity contribution in [3.05, 3.63) is 29.8 Å². The number of para-hydroxylation sites is 1. The van der Waals surface area contributed by atoms with Crippen molar-refractivity contribution >= 4 is 17.6 Å². The molecule has 0 saturated carbocycles.